The molecule has 2 unspecified atom stereocenters. The van der Waals surface area contributed by atoms with Crippen LogP contribution in [0.25, 0.3) is 0 Å². The Labute approximate surface area is 106 Å². The summed E-state index contributed by atoms with van der Waals surface area (Å²) in [5.74, 6) is 0.181. The third-order valence-electron chi connectivity index (χ3n) is 3.65. The van der Waals surface area contributed by atoms with Gasteiger partial charge in [0.2, 0.25) is 0 Å². The fourth-order valence-electron chi connectivity index (χ4n) is 2.75. The Morgan fingerprint density at radius 3 is 2.94 bits per heavy atom. The number of rotatable bonds is 2. The van der Waals surface area contributed by atoms with E-state index in [1.807, 2.05) is 0 Å². The molecule has 0 heterocycles. The van der Waals surface area contributed by atoms with Crippen molar-refractivity contribution in [1.82, 2.24) is 0 Å². The molecule has 17 heavy (non-hydrogen) atoms. The quantitative estimate of drug-likeness (QED) is 0.767. The number of benzene rings is 1. The SMILES string of the molecule is CC1CCC(C#N)(Cc2cccc(Cl)c2F)C1. The maximum absolute atomic E-state index is 13.8. The summed E-state index contributed by atoms with van der Waals surface area (Å²) in [4.78, 5) is 0. The summed E-state index contributed by atoms with van der Waals surface area (Å²) >= 11 is 5.76. The van der Waals surface area contributed by atoms with Crippen molar-refractivity contribution < 1.29 is 4.39 Å². The van der Waals surface area contributed by atoms with Gasteiger partial charge in [-0.15, -0.1) is 0 Å². The van der Waals surface area contributed by atoms with Crippen molar-refractivity contribution in [2.24, 2.45) is 11.3 Å². The van der Waals surface area contributed by atoms with E-state index in [0.29, 0.717) is 17.9 Å². The Kier molecular flexibility index (Phi) is 3.40. The minimum absolute atomic E-state index is 0.140. The highest BCUT2D eigenvalue weighted by Gasteiger charge is 2.38. The average molecular weight is 252 g/mol. The molecule has 0 saturated heterocycles. The first-order valence-electron chi connectivity index (χ1n) is 5.90. The van der Waals surface area contributed by atoms with Gasteiger partial charge in [-0.25, -0.2) is 4.39 Å². The predicted molar refractivity (Wildman–Crippen MR) is 66.2 cm³/mol. The summed E-state index contributed by atoms with van der Waals surface area (Å²) in [7, 11) is 0. The second-order valence-electron chi connectivity index (χ2n) is 5.13. The van der Waals surface area contributed by atoms with E-state index in [0.717, 1.165) is 19.3 Å². The molecule has 90 valence electrons. The number of nitriles is 1. The minimum atomic E-state index is -0.398. The summed E-state index contributed by atoms with van der Waals surface area (Å²) in [6.07, 6.45) is 3.24. The van der Waals surface area contributed by atoms with Crippen LogP contribution in [0.15, 0.2) is 18.2 Å². The summed E-state index contributed by atoms with van der Waals surface area (Å²) in [6, 6.07) is 7.40. The lowest BCUT2D eigenvalue weighted by molar-refractivity contribution is 0.384. The van der Waals surface area contributed by atoms with E-state index in [9.17, 15) is 9.65 Å². The van der Waals surface area contributed by atoms with Gasteiger partial charge in [0.15, 0.2) is 0 Å². The third kappa shape index (κ3) is 2.45. The van der Waals surface area contributed by atoms with Gasteiger partial charge in [-0.2, -0.15) is 5.26 Å². The van der Waals surface area contributed by atoms with Crippen molar-refractivity contribution in [2.75, 3.05) is 0 Å². The molecule has 0 aromatic heterocycles. The van der Waals surface area contributed by atoms with Crippen LogP contribution in [-0.4, -0.2) is 0 Å². The molecule has 2 rings (SSSR count). The maximum Gasteiger partial charge on any atom is 0.145 e. The lowest BCUT2D eigenvalue weighted by Gasteiger charge is -2.21. The zero-order valence-corrected chi connectivity index (χ0v) is 10.6. The van der Waals surface area contributed by atoms with Gasteiger partial charge < -0.3 is 0 Å². The van der Waals surface area contributed by atoms with Crippen molar-refractivity contribution >= 4 is 11.6 Å². The molecule has 0 radical (unpaired) electrons. The van der Waals surface area contributed by atoms with Crippen LogP contribution in [0.2, 0.25) is 5.02 Å². The lowest BCUT2D eigenvalue weighted by atomic mass is 9.81. The monoisotopic (exact) mass is 251 g/mol. The molecule has 1 saturated carbocycles. The van der Waals surface area contributed by atoms with Crippen LogP contribution >= 0.6 is 11.6 Å². The number of hydrogen-bond donors (Lipinski definition) is 0. The molecule has 0 N–H and O–H groups in total. The van der Waals surface area contributed by atoms with E-state index in [-0.39, 0.29) is 10.8 Å². The van der Waals surface area contributed by atoms with E-state index in [1.165, 1.54) is 6.07 Å². The van der Waals surface area contributed by atoms with Crippen LogP contribution in [0.3, 0.4) is 0 Å². The van der Waals surface area contributed by atoms with Gasteiger partial charge in [-0.05, 0) is 43.2 Å². The maximum atomic E-state index is 13.8. The highest BCUT2D eigenvalue weighted by atomic mass is 35.5. The smallest absolute Gasteiger partial charge is 0.145 e. The van der Waals surface area contributed by atoms with Crippen LogP contribution in [0.1, 0.15) is 31.7 Å². The normalized spacial score (nSPS) is 28.0. The topological polar surface area (TPSA) is 23.8 Å². The molecule has 0 bridgehead atoms. The van der Waals surface area contributed by atoms with Gasteiger partial charge in [-0.3, -0.25) is 0 Å². The fourth-order valence-corrected chi connectivity index (χ4v) is 2.94. The largest absolute Gasteiger partial charge is 0.205 e. The van der Waals surface area contributed by atoms with Gasteiger partial charge in [0.1, 0.15) is 5.82 Å². The van der Waals surface area contributed by atoms with E-state index in [4.69, 9.17) is 11.6 Å². The van der Waals surface area contributed by atoms with Crippen molar-refractivity contribution in [3.05, 3.63) is 34.6 Å². The Bertz CT molecular complexity index is 466. The Balaban J connectivity index is 2.26. The summed E-state index contributed by atoms with van der Waals surface area (Å²) in [6.45, 7) is 2.15. The average Bonchev–Trinajstić information content (AvgIpc) is 2.68. The minimum Gasteiger partial charge on any atom is -0.205 e. The van der Waals surface area contributed by atoms with Gasteiger partial charge in [0.25, 0.3) is 0 Å². The Hall–Kier alpha value is -1.07. The standard InChI is InChI=1S/C14H15ClFN/c1-10-5-6-14(7-10,9-17)8-11-3-2-4-12(15)13(11)16/h2-4,10H,5-8H2,1H3. The molecular weight excluding hydrogens is 237 g/mol. The first-order chi connectivity index (χ1) is 8.06. The van der Waals surface area contributed by atoms with E-state index in [1.54, 1.807) is 12.1 Å². The van der Waals surface area contributed by atoms with Crippen LogP contribution in [-0.2, 0) is 6.42 Å². The van der Waals surface area contributed by atoms with Gasteiger partial charge in [0.05, 0.1) is 16.5 Å². The molecule has 1 aliphatic carbocycles. The van der Waals surface area contributed by atoms with Crippen molar-refractivity contribution in [3.63, 3.8) is 0 Å². The third-order valence-corrected chi connectivity index (χ3v) is 3.94. The highest BCUT2D eigenvalue weighted by molar-refractivity contribution is 6.30. The molecular formula is C14H15ClFN. The van der Waals surface area contributed by atoms with E-state index < -0.39 is 5.41 Å². The molecule has 0 spiro atoms. The summed E-state index contributed by atoms with van der Waals surface area (Å²) in [5, 5.41) is 9.49. The molecule has 2 atom stereocenters. The lowest BCUT2D eigenvalue weighted by Crippen LogP contribution is -2.18. The molecule has 1 nitrogen and oxygen atoms in total. The first-order valence-corrected chi connectivity index (χ1v) is 6.28. The summed E-state index contributed by atoms with van der Waals surface area (Å²) in [5.41, 5.74) is 0.165. The van der Waals surface area contributed by atoms with Gasteiger partial charge in [0, 0.05) is 0 Å². The Morgan fingerprint density at radius 2 is 2.35 bits per heavy atom. The van der Waals surface area contributed by atoms with Gasteiger partial charge >= 0.3 is 0 Å². The molecule has 3 heteroatoms. The number of hydrogen-bond acceptors (Lipinski definition) is 1. The summed E-state index contributed by atoms with van der Waals surface area (Å²) < 4.78 is 13.8. The van der Waals surface area contributed by atoms with E-state index >= 15 is 0 Å². The first kappa shape index (κ1) is 12.4. The van der Waals surface area contributed by atoms with Gasteiger partial charge in [-0.1, -0.05) is 30.7 Å². The van der Waals surface area contributed by atoms with Crippen molar-refractivity contribution in [2.45, 2.75) is 32.6 Å². The van der Waals surface area contributed by atoms with Crippen LogP contribution in [0.4, 0.5) is 4.39 Å². The molecule has 0 amide bonds. The van der Waals surface area contributed by atoms with Crippen molar-refractivity contribution in [1.29, 1.82) is 5.26 Å². The zero-order chi connectivity index (χ0) is 12.5. The van der Waals surface area contributed by atoms with Crippen LogP contribution in [0.5, 0.6) is 0 Å². The van der Waals surface area contributed by atoms with E-state index in [2.05, 4.69) is 13.0 Å². The Morgan fingerprint density at radius 1 is 1.59 bits per heavy atom. The molecule has 1 aromatic carbocycles. The molecule has 0 aliphatic heterocycles. The number of nitrogens with zero attached hydrogens (tertiary/aromatic N) is 1. The van der Waals surface area contributed by atoms with Crippen LogP contribution in [0, 0.1) is 28.5 Å². The molecule has 1 aromatic rings. The van der Waals surface area contributed by atoms with Crippen LogP contribution < -0.4 is 0 Å². The highest BCUT2D eigenvalue weighted by Crippen LogP contribution is 2.44. The molecule has 1 fully saturated rings. The zero-order valence-electron chi connectivity index (χ0n) is 9.84. The van der Waals surface area contributed by atoms with Crippen molar-refractivity contribution in [3.8, 4) is 6.07 Å². The second-order valence-corrected chi connectivity index (χ2v) is 5.54. The second kappa shape index (κ2) is 4.66. The fraction of sp³-hybridized carbons (Fsp3) is 0.500. The number of halogens is 2. The predicted octanol–water partition coefficient (Wildman–Crippen LogP) is 4.35. The molecule has 1 aliphatic rings.